The summed E-state index contributed by atoms with van der Waals surface area (Å²) < 4.78 is 8.25. The average molecular weight is 234 g/mol. The van der Waals surface area contributed by atoms with Crippen LogP contribution in [-0.2, 0) is 3.78 Å². The minimum absolute atomic E-state index is 0. The quantitative estimate of drug-likeness (QED) is 0.498. The number of hydrogen-bond donors (Lipinski definition) is 0. The van der Waals surface area contributed by atoms with Crippen LogP contribution in [0.1, 0.15) is 0 Å². The van der Waals surface area contributed by atoms with E-state index in [2.05, 4.69) is 0 Å². The molecule has 0 unspecified atom stereocenters. The molecule has 0 aliphatic rings. The molecule has 0 saturated carbocycles. The Morgan fingerprint density at radius 1 is 1.25 bits per heavy atom. The molecule has 0 aliphatic carbocycles. The van der Waals surface area contributed by atoms with E-state index < -0.39 is 0 Å². The van der Waals surface area contributed by atoms with E-state index in [4.69, 9.17) is 3.78 Å². The van der Waals surface area contributed by atoms with E-state index in [1.54, 1.807) is 0 Å². The van der Waals surface area contributed by atoms with Crippen molar-refractivity contribution in [1.82, 2.24) is 0 Å². The molecule has 0 atom stereocenters. The van der Waals surface area contributed by atoms with Gasteiger partial charge in [0.1, 0.15) is 0 Å². The Balaban J connectivity index is -0.00000000500. The van der Waals surface area contributed by atoms with Crippen LogP contribution in [0.25, 0.3) is 0 Å². The molecule has 4 heavy (non-hydrogen) atoms. The first-order valence-electron chi connectivity index (χ1n) is 0.204. The van der Waals surface area contributed by atoms with Gasteiger partial charge in [-0.25, -0.2) is 0 Å². The van der Waals surface area contributed by atoms with E-state index in [1.165, 1.54) is 0 Å². The molecule has 14 valence electrons. The molecule has 4 heteroatoms. The minimum atomic E-state index is 0. The zero-order valence-corrected chi connectivity index (χ0v) is 8.21. The molecule has 0 heterocycles. The second kappa shape index (κ2) is 19.3. The third kappa shape index (κ3) is 8.92. The first kappa shape index (κ1) is 16.5. The van der Waals surface area contributed by atoms with Crippen molar-refractivity contribution in [3.05, 3.63) is 0 Å². The van der Waals surface area contributed by atoms with Gasteiger partial charge < -0.3 is 0 Å². The SMILES string of the molecule is [La].[Li].[O]=[Ge]. The average Bonchev–Trinajstić information content (AvgIpc) is 1.00. The van der Waals surface area contributed by atoms with E-state index in [-0.39, 0.29) is 54.5 Å². The van der Waals surface area contributed by atoms with Gasteiger partial charge in [0, 0.05) is 54.5 Å². The first-order valence-corrected chi connectivity index (χ1v) is 1.06. The Hall–Kier alpha value is 2.14. The van der Waals surface area contributed by atoms with Crippen molar-refractivity contribution in [2.75, 3.05) is 0 Å². The zero-order chi connectivity index (χ0) is 2.00. The summed E-state index contributed by atoms with van der Waals surface area (Å²) in [4.78, 5) is 0. The van der Waals surface area contributed by atoms with Crippen molar-refractivity contribution in [2.45, 2.75) is 0 Å². The van der Waals surface area contributed by atoms with Crippen molar-refractivity contribution >= 4 is 35.3 Å². The van der Waals surface area contributed by atoms with Crippen molar-refractivity contribution in [3.63, 3.8) is 0 Å². The fourth-order valence-electron chi connectivity index (χ4n) is 0. The summed E-state index contributed by atoms with van der Waals surface area (Å²) in [6.45, 7) is 0. The summed E-state index contributed by atoms with van der Waals surface area (Å²) in [5.41, 5.74) is 0. The molecule has 0 N–H and O–H groups in total. The van der Waals surface area contributed by atoms with Gasteiger partial charge in [-0.15, -0.1) is 0 Å². The Morgan fingerprint density at radius 3 is 1.25 bits per heavy atom. The van der Waals surface area contributed by atoms with Crippen LogP contribution in [0.4, 0.5) is 0 Å². The molecule has 0 aliphatic heterocycles. The molecule has 0 aromatic carbocycles. The van der Waals surface area contributed by atoms with Gasteiger partial charge in [0.05, 0.1) is 0 Å². The Labute approximate surface area is 73.5 Å². The predicted molar refractivity (Wildman–Crippen MR) is 12.2 cm³/mol. The van der Waals surface area contributed by atoms with Crippen molar-refractivity contribution in [2.24, 2.45) is 0 Å². The van der Waals surface area contributed by atoms with Gasteiger partial charge in [0.2, 0.25) is 0 Å². The van der Waals surface area contributed by atoms with Crippen molar-refractivity contribution in [1.29, 1.82) is 0 Å². The molecular weight excluding hydrogens is 234 g/mol. The Bertz CT molecular complexity index is 8.00. The van der Waals surface area contributed by atoms with Gasteiger partial charge in [-0.05, 0) is 0 Å². The van der Waals surface area contributed by atoms with Crippen LogP contribution >= 0.6 is 0 Å². The third-order valence-corrected chi connectivity index (χ3v) is 0. The fourth-order valence-corrected chi connectivity index (χ4v) is 0. The fraction of sp³-hybridized carbons (Fsp3) is 0. The standard InChI is InChI=1S/GeO.La.Li/c1-2;;. The maximum absolute atomic E-state index is 8.25. The van der Waals surface area contributed by atoms with E-state index in [0.29, 0.717) is 0 Å². The van der Waals surface area contributed by atoms with Crippen LogP contribution < -0.4 is 0 Å². The number of hydrogen-bond acceptors (Lipinski definition) is 1. The molecule has 0 saturated heterocycles. The van der Waals surface area contributed by atoms with Gasteiger partial charge in [-0.2, -0.15) is 0 Å². The molecule has 1 nitrogen and oxygen atoms in total. The van der Waals surface area contributed by atoms with Crippen LogP contribution in [0, 0.1) is 35.6 Å². The molecule has 0 rings (SSSR count). The van der Waals surface area contributed by atoms with Gasteiger partial charge in [0.25, 0.3) is 0 Å². The first-order chi connectivity index (χ1) is 1.00. The van der Waals surface area contributed by atoms with E-state index in [1.807, 2.05) is 0 Å². The Kier molecular flexibility index (Phi) is 79.3. The second-order valence-electron chi connectivity index (χ2n) is 0. The third-order valence-electron chi connectivity index (χ3n) is 0. The van der Waals surface area contributed by atoms with Crippen molar-refractivity contribution < 1.29 is 39.4 Å². The van der Waals surface area contributed by atoms with Gasteiger partial charge in [0.15, 0.2) is 0 Å². The molecule has 0 amide bonds. The molecule has 4 radical (unpaired) electrons. The predicted octanol–water partition coefficient (Wildman–Crippen LogP) is -0.880. The monoisotopic (exact) mass is 236 g/mol. The molecule has 0 bridgehead atoms. The molecule has 0 aromatic rings. The number of rotatable bonds is 0. The summed E-state index contributed by atoms with van der Waals surface area (Å²) in [5.74, 6) is 0. The summed E-state index contributed by atoms with van der Waals surface area (Å²) in [6, 6.07) is 0. The van der Waals surface area contributed by atoms with Crippen LogP contribution in [0.3, 0.4) is 0 Å². The summed E-state index contributed by atoms with van der Waals surface area (Å²) in [7, 11) is 0. The maximum atomic E-state index is 8.25. The van der Waals surface area contributed by atoms with Crippen LogP contribution in [-0.4, -0.2) is 35.3 Å². The van der Waals surface area contributed by atoms with E-state index >= 15 is 0 Å². The summed E-state index contributed by atoms with van der Waals surface area (Å²) in [5, 5.41) is 0. The van der Waals surface area contributed by atoms with Crippen LogP contribution in [0.15, 0.2) is 0 Å². The molecule has 0 fully saturated rings. The summed E-state index contributed by atoms with van der Waals surface area (Å²) in [6.07, 6.45) is 0. The second-order valence-corrected chi connectivity index (χ2v) is 0. The Morgan fingerprint density at radius 2 is 1.25 bits per heavy atom. The van der Waals surface area contributed by atoms with Crippen molar-refractivity contribution in [3.8, 4) is 0 Å². The molecule has 0 spiro atoms. The van der Waals surface area contributed by atoms with Gasteiger partial charge in [-0.1, -0.05) is 0 Å². The molecule has 0 aromatic heterocycles. The van der Waals surface area contributed by atoms with Crippen LogP contribution in [0.2, 0.25) is 0 Å². The van der Waals surface area contributed by atoms with Crippen LogP contribution in [0.5, 0.6) is 0 Å². The summed E-state index contributed by atoms with van der Waals surface area (Å²) >= 11 is 0.750. The van der Waals surface area contributed by atoms with Gasteiger partial charge in [-0.3, -0.25) is 0 Å². The molecular formula is GeLaLiO. The van der Waals surface area contributed by atoms with E-state index in [9.17, 15) is 0 Å². The zero-order valence-electron chi connectivity index (χ0n) is 2.49. The van der Waals surface area contributed by atoms with Gasteiger partial charge >= 0.3 is 20.2 Å². The van der Waals surface area contributed by atoms with E-state index in [0.717, 1.165) is 16.5 Å². The normalized spacial score (nSPS) is 1.00. The topological polar surface area (TPSA) is 17.1 Å².